The van der Waals surface area contributed by atoms with Gasteiger partial charge < -0.3 is 10.6 Å². The van der Waals surface area contributed by atoms with E-state index >= 15 is 0 Å². The van der Waals surface area contributed by atoms with Crippen molar-refractivity contribution in [2.45, 2.75) is 33.6 Å². The average Bonchev–Trinajstić information content (AvgIpc) is 2.41. The zero-order chi connectivity index (χ0) is 14.0. The molecule has 1 aliphatic rings. The van der Waals surface area contributed by atoms with Gasteiger partial charge in [0.15, 0.2) is 0 Å². The van der Waals surface area contributed by atoms with Crippen LogP contribution in [0.5, 0.6) is 0 Å². The molecule has 1 aromatic rings. The minimum Gasteiger partial charge on any atom is -0.398 e. The van der Waals surface area contributed by atoms with Gasteiger partial charge in [-0.1, -0.05) is 19.9 Å². The van der Waals surface area contributed by atoms with Gasteiger partial charge in [-0.05, 0) is 49.3 Å². The lowest BCUT2D eigenvalue weighted by atomic mass is 9.86. The van der Waals surface area contributed by atoms with Crippen LogP contribution in [-0.4, -0.2) is 23.9 Å². The lowest BCUT2D eigenvalue weighted by molar-refractivity contribution is 0.0668. The maximum absolute atomic E-state index is 12.4. The molecule has 0 spiro atoms. The number of benzene rings is 1. The van der Waals surface area contributed by atoms with E-state index in [4.69, 9.17) is 5.73 Å². The molecule has 1 amide bonds. The average molecular weight is 260 g/mol. The van der Waals surface area contributed by atoms with Crippen molar-refractivity contribution in [2.24, 2.45) is 11.8 Å². The summed E-state index contributed by atoms with van der Waals surface area (Å²) >= 11 is 0. The van der Waals surface area contributed by atoms with Crippen LogP contribution in [0.3, 0.4) is 0 Å². The van der Waals surface area contributed by atoms with Crippen molar-refractivity contribution in [2.75, 3.05) is 18.8 Å². The number of likely N-dealkylation sites (tertiary alicyclic amines) is 1. The van der Waals surface area contributed by atoms with E-state index in [9.17, 15) is 4.79 Å². The Labute approximate surface area is 115 Å². The molecule has 0 saturated carbocycles. The van der Waals surface area contributed by atoms with Gasteiger partial charge in [0.1, 0.15) is 0 Å². The third-order valence-electron chi connectivity index (χ3n) is 4.30. The summed E-state index contributed by atoms with van der Waals surface area (Å²) in [6.45, 7) is 8.23. The first-order valence-corrected chi connectivity index (χ1v) is 7.14. The Morgan fingerprint density at radius 1 is 1.32 bits per heavy atom. The zero-order valence-corrected chi connectivity index (χ0v) is 12.1. The van der Waals surface area contributed by atoms with Crippen molar-refractivity contribution < 1.29 is 4.79 Å². The Bertz CT molecular complexity index is 460. The zero-order valence-electron chi connectivity index (χ0n) is 12.1. The molecule has 1 aliphatic heterocycles. The molecule has 0 atom stereocenters. The second-order valence-electron chi connectivity index (χ2n) is 5.95. The van der Waals surface area contributed by atoms with Gasteiger partial charge in [-0.3, -0.25) is 4.79 Å². The molecule has 2 N–H and O–H groups in total. The summed E-state index contributed by atoms with van der Waals surface area (Å²) < 4.78 is 0. The fourth-order valence-corrected chi connectivity index (χ4v) is 2.73. The predicted octanol–water partition coefficient (Wildman–Crippen LogP) is 3.09. The molecule has 3 heteroatoms. The van der Waals surface area contributed by atoms with Crippen LogP contribution >= 0.6 is 0 Å². The van der Waals surface area contributed by atoms with E-state index in [0.717, 1.165) is 37.4 Å². The summed E-state index contributed by atoms with van der Waals surface area (Å²) in [6, 6.07) is 5.60. The Morgan fingerprint density at radius 3 is 2.47 bits per heavy atom. The highest BCUT2D eigenvalue weighted by Gasteiger charge is 2.25. The smallest absolute Gasteiger partial charge is 0.253 e. The number of hydrogen-bond donors (Lipinski definition) is 1. The van der Waals surface area contributed by atoms with Gasteiger partial charge in [0.25, 0.3) is 5.91 Å². The summed E-state index contributed by atoms with van der Waals surface area (Å²) in [6.07, 6.45) is 2.23. The van der Waals surface area contributed by atoms with Crippen LogP contribution in [0, 0.1) is 18.8 Å². The van der Waals surface area contributed by atoms with Gasteiger partial charge in [0, 0.05) is 24.3 Å². The Kier molecular flexibility index (Phi) is 4.13. The van der Waals surface area contributed by atoms with Crippen molar-refractivity contribution in [1.82, 2.24) is 4.90 Å². The molecule has 104 valence electrons. The van der Waals surface area contributed by atoms with E-state index in [1.54, 1.807) is 6.07 Å². The first kappa shape index (κ1) is 13.9. The van der Waals surface area contributed by atoms with Crippen LogP contribution in [0.1, 0.15) is 42.6 Å². The number of nitrogens with two attached hydrogens (primary N) is 1. The first-order chi connectivity index (χ1) is 8.99. The summed E-state index contributed by atoms with van der Waals surface area (Å²) in [7, 11) is 0. The lowest BCUT2D eigenvalue weighted by Gasteiger charge is -2.34. The molecule has 19 heavy (non-hydrogen) atoms. The standard InChI is InChI=1S/C16H24N2O/c1-11(2)13-6-8-18(9-7-13)16(19)14-5-4-12(3)15(17)10-14/h4-5,10-11,13H,6-9,17H2,1-3H3. The monoisotopic (exact) mass is 260 g/mol. The van der Waals surface area contributed by atoms with E-state index in [1.807, 2.05) is 24.0 Å². The Balaban J connectivity index is 2.03. The van der Waals surface area contributed by atoms with Crippen molar-refractivity contribution in [1.29, 1.82) is 0 Å². The predicted molar refractivity (Wildman–Crippen MR) is 79.1 cm³/mol. The maximum Gasteiger partial charge on any atom is 0.253 e. The number of piperidine rings is 1. The van der Waals surface area contributed by atoms with Crippen LogP contribution < -0.4 is 5.73 Å². The van der Waals surface area contributed by atoms with E-state index in [1.165, 1.54) is 0 Å². The second kappa shape index (κ2) is 5.64. The molecule has 1 saturated heterocycles. The lowest BCUT2D eigenvalue weighted by Crippen LogP contribution is -2.39. The van der Waals surface area contributed by atoms with Gasteiger partial charge in [-0.15, -0.1) is 0 Å². The number of carbonyl (C=O) groups is 1. The summed E-state index contributed by atoms with van der Waals surface area (Å²) in [5.41, 5.74) is 8.31. The van der Waals surface area contributed by atoms with Crippen LogP contribution in [0.4, 0.5) is 5.69 Å². The third kappa shape index (κ3) is 3.09. The number of rotatable bonds is 2. The summed E-state index contributed by atoms with van der Waals surface area (Å²) in [4.78, 5) is 14.4. The van der Waals surface area contributed by atoms with Crippen LogP contribution in [0.25, 0.3) is 0 Å². The number of hydrogen-bond acceptors (Lipinski definition) is 2. The fraction of sp³-hybridized carbons (Fsp3) is 0.562. The van der Waals surface area contributed by atoms with E-state index in [0.29, 0.717) is 17.2 Å². The van der Waals surface area contributed by atoms with Gasteiger partial charge >= 0.3 is 0 Å². The number of aryl methyl sites for hydroxylation is 1. The van der Waals surface area contributed by atoms with Crippen LogP contribution in [0.2, 0.25) is 0 Å². The quantitative estimate of drug-likeness (QED) is 0.831. The number of carbonyl (C=O) groups excluding carboxylic acids is 1. The highest BCUT2D eigenvalue weighted by molar-refractivity contribution is 5.95. The van der Waals surface area contributed by atoms with Gasteiger partial charge in [-0.2, -0.15) is 0 Å². The molecule has 0 unspecified atom stereocenters. The molecule has 0 aromatic heterocycles. The SMILES string of the molecule is Cc1ccc(C(=O)N2CCC(C(C)C)CC2)cc1N. The molecule has 0 aliphatic carbocycles. The highest BCUT2D eigenvalue weighted by atomic mass is 16.2. The molecular weight excluding hydrogens is 236 g/mol. The largest absolute Gasteiger partial charge is 0.398 e. The first-order valence-electron chi connectivity index (χ1n) is 7.14. The minimum atomic E-state index is 0.119. The fourth-order valence-electron chi connectivity index (χ4n) is 2.73. The van der Waals surface area contributed by atoms with E-state index < -0.39 is 0 Å². The van der Waals surface area contributed by atoms with E-state index in [-0.39, 0.29) is 5.91 Å². The molecule has 0 bridgehead atoms. The molecule has 1 heterocycles. The summed E-state index contributed by atoms with van der Waals surface area (Å²) in [5, 5.41) is 0. The van der Waals surface area contributed by atoms with Gasteiger partial charge in [-0.25, -0.2) is 0 Å². The molecule has 3 nitrogen and oxygen atoms in total. The van der Waals surface area contributed by atoms with Gasteiger partial charge in [0.2, 0.25) is 0 Å². The minimum absolute atomic E-state index is 0.119. The van der Waals surface area contributed by atoms with Crippen molar-refractivity contribution >= 4 is 11.6 Å². The molecule has 0 radical (unpaired) electrons. The summed E-state index contributed by atoms with van der Waals surface area (Å²) in [5.74, 6) is 1.59. The van der Waals surface area contributed by atoms with Crippen molar-refractivity contribution in [3.8, 4) is 0 Å². The second-order valence-corrected chi connectivity index (χ2v) is 5.95. The van der Waals surface area contributed by atoms with Crippen molar-refractivity contribution in [3.05, 3.63) is 29.3 Å². The number of nitrogen functional groups attached to an aromatic ring is 1. The maximum atomic E-state index is 12.4. The third-order valence-corrected chi connectivity index (χ3v) is 4.30. The Morgan fingerprint density at radius 2 is 1.95 bits per heavy atom. The van der Waals surface area contributed by atoms with Crippen LogP contribution in [-0.2, 0) is 0 Å². The molecule has 1 fully saturated rings. The highest BCUT2D eigenvalue weighted by Crippen LogP contribution is 2.25. The molecule has 1 aromatic carbocycles. The number of anilines is 1. The number of amides is 1. The van der Waals surface area contributed by atoms with Crippen molar-refractivity contribution in [3.63, 3.8) is 0 Å². The molecule has 2 rings (SSSR count). The normalized spacial score (nSPS) is 16.9. The molecular formula is C16H24N2O. The number of nitrogens with zero attached hydrogens (tertiary/aromatic N) is 1. The topological polar surface area (TPSA) is 46.3 Å². The Hall–Kier alpha value is -1.51. The van der Waals surface area contributed by atoms with Crippen LogP contribution in [0.15, 0.2) is 18.2 Å². The van der Waals surface area contributed by atoms with Gasteiger partial charge in [0.05, 0.1) is 0 Å². The van der Waals surface area contributed by atoms with E-state index in [2.05, 4.69) is 13.8 Å².